The van der Waals surface area contributed by atoms with Gasteiger partial charge < -0.3 is 15.2 Å². The second-order valence-corrected chi connectivity index (χ2v) is 8.07. The highest BCUT2D eigenvalue weighted by molar-refractivity contribution is 9.10. The Labute approximate surface area is 187 Å². The van der Waals surface area contributed by atoms with E-state index in [1.54, 1.807) is 0 Å². The number of nitrogens with one attached hydrogen (secondary N) is 1. The molecule has 0 aliphatic rings. The minimum Gasteiger partial charge on any atom is -0.475 e. The van der Waals surface area contributed by atoms with E-state index in [0.717, 1.165) is 14.6 Å². The molecule has 0 saturated carbocycles. The summed E-state index contributed by atoms with van der Waals surface area (Å²) in [5.41, 5.74) is 0.497. The lowest BCUT2D eigenvalue weighted by atomic mass is 10.1. The average molecular weight is 521 g/mol. The maximum absolute atomic E-state index is 12.5. The molecule has 3 N–H and O–H groups in total. The smallest absolute Gasteiger partial charge is 0.475 e. The van der Waals surface area contributed by atoms with Crippen LogP contribution in [-0.4, -0.2) is 41.5 Å². The van der Waals surface area contributed by atoms with Crippen LogP contribution in [-0.2, 0) is 24.5 Å². The van der Waals surface area contributed by atoms with Crippen LogP contribution in [0, 0.1) is 5.92 Å². The first-order valence-corrected chi connectivity index (χ1v) is 10.0. The number of imidazole rings is 1. The average Bonchev–Trinajstić information content (AvgIpc) is 3.11. The number of H-pyrrole nitrogens is 1. The minimum atomic E-state index is -5.08. The zero-order valence-electron chi connectivity index (χ0n) is 17.0. The summed E-state index contributed by atoms with van der Waals surface area (Å²) < 4.78 is 35.0. The molecule has 0 fully saturated rings. The number of rotatable bonds is 5. The number of fused-ring (bicyclic) bond motifs is 1. The molecule has 0 unspecified atom stereocenters. The van der Waals surface area contributed by atoms with Crippen molar-refractivity contribution in [2.45, 2.75) is 39.7 Å². The van der Waals surface area contributed by atoms with Gasteiger partial charge in [0, 0.05) is 17.4 Å². The molecule has 0 spiro atoms. The monoisotopic (exact) mass is 520 g/mol. The van der Waals surface area contributed by atoms with Gasteiger partial charge in [0.2, 0.25) is 0 Å². The molecule has 0 amide bonds. The van der Waals surface area contributed by atoms with Crippen molar-refractivity contribution in [2.75, 3.05) is 0 Å². The number of benzene rings is 1. The van der Waals surface area contributed by atoms with E-state index in [1.165, 1.54) is 4.57 Å². The summed E-state index contributed by atoms with van der Waals surface area (Å²) in [7, 11) is 0. The highest BCUT2D eigenvalue weighted by Crippen LogP contribution is 2.15. The number of aromatic amines is 1. The van der Waals surface area contributed by atoms with Crippen molar-refractivity contribution in [1.29, 1.82) is 0 Å². The summed E-state index contributed by atoms with van der Waals surface area (Å²) in [6.45, 7) is 3.70. The second-order valence-electron chi connectivity index (χ2n) is 7.15. The van der Waals surface area contributed by atoms with E-state index in [4.69, 9.17) is 9.90 Å². The maximum atomic E-state index is 12.5. The summed E-state index contributed by atoms with van der Waals surface area (Å²) in [4.78, 5) is 41.3. The molecule has 1 aromatic carbocycles. The van der Waals surface area contributed by atoms with Crippen molar-refractivity contribution in [2.24, 2.45) is 5.92 Å². The minimum absolute atomic E-state index is 0.192. The van der Waals surface area contributed by atoms with Gasteiger partial charge in [-0.25, -0.2) is 19.1 Å². The molecule has 0 radical (unpaired) electrons. The van der Waals surface area contributed by atoms with Crippen molar-refractivity contribution in [1.82, 2.24) is 19.1 Å². The maximum Gasteiger partial charge on any atom is 0.490 e. The predicted molar refractivity (Wildman–Crippen MR) is 112 cm³/mol. The normalized spacial score (nSPS) is 11.5. The van der Waals surface area contributed by atoms with E-state index in [0.29, 0.717) is 24.4 Å². The van der Waals surface area contributed by atoms with Crippen molar-refractivity contribution in [3.63, 3.8) is 0 Å². The van der Waals surface area contributed by atoms with Crippen LogP contribution in [0.4, 0.5) is 13.2 Å². The Hall–Kier alpha value is -2.93. The van der Waals surface area contributed by atoms with Crippen LogP contribution in [0.15, 0.2) is 38.3 Å². The molecule has 3 aromatic rings. The molecule has 9 nitrogen and oxygen atoms in total. The molecule has 0 bridgehead atoms. The van der Waals surface area contributed by atoms with E-state index >= 15 is 0 Å². The number of aromatic nitrogens is 4. The number of hydrogen-bond donors (Lipinski definition) is 3. The lowest BCUT2D eigenvalue weighted by Gasteiger charge is -2.11. The van der Waals surface area contributed by atoms with Crippen LogP contribution >= 0.6 is 15.9 Å². The largest absolute Gasteiger partial charge is 0.490 e. The van der Waals surface area contributed by atoms with Crippen LogP contribution in [0.5, 0.6) is 0 Å². The van der Waals surface area contributed by atoms with Gasteiger partial charge in [0.15, 0.2) is 5.65 Å². The van der Waals surface area contributed by atoms with Gasteiger partial charge in [-0.1, -0.05) is 41.9 Å². The molecule has 0 aliphatic heterocycles. The number of aliphatic hydroxyl groups is 1. The molecule has 0 aliphatic carbocycles. The quantitative estimate of drug-likeness (QED) is 0.473. The Balaban J connectivity index is 0.000000451. The van der Waals surface area contributed by atoms with E-state index in [-0.39, 0.29) is 11.4 Å². The number of nitrogens with zero attached hydrogens (tertiary/aromatic N) is 3. The fraction of sp³-hybridized carbons (Fsp3) is 0.368. The van der Waals surface area contributed by atoms with E-state index in [9.17, 15) is 27.9 Å². The van der Waals surface area contributed by atoms with E-state index in [2.05, 4.69) is 25.9 Å². The number of halogens is 4. The molecule has 13 heteroatoms. The Bertz CT molecular complexity index is 1210. The Morgan fingerprint density at radius 3 is 2.22 bits per heavy atom. The molecule has 2 heterocycles. The van der Waals surface area contributed by atoms with Crippen LogP contribution in [0.3, 0.4) is 0 Å². The first-order valence-electron chi connectivity index (χ1n) is 9.22. The van der Waals surface area contributed by atoms with E-state index in [1.807, 2.05) is 38.1 Å². The highest BCUT2D eigenvalue weighted by atomic mass is 79.9. The number of alkyl halides is 3. The zero-order valence-corrected chi connectivity index (χ0v) is 18.6. The summed E-state index contributed by atoms with van der Waals surface area (Å²) in [5.74, 6) is -1.97. The van der Waals surface area contributed by atoms with Gasteiger partial charge in [-0.3, -0.25) is 9.36 Å². The molecular formula is C19H20BrF3N4O5. The van der Waals surface area contributed by atoms with Gasteiger partial charge >= 0.3 is 17.8 Å². The van der Waals surface area contributed by atoms with E-state index < -0.39 is 30.1 Å². The molecule has 174 valence electrons. The summed E-state index contributed by atoms with van der Waals surface area (Å²) >= 11 is 3.40. The molecular weight excluding hydrogens is 501 g/mol. The third kappa shape index (κ3) is 6.07. The number of hydrogen-bond acceptors (Lipinski definition) is 5. The number of carbonyl (C=O) groups is 1. The van der Waals surface area contributed by atoms with Gasteiger partial charge in [0.1, 0.15) is 18.1 Å². The standard InChI is InChI=1S/C17H19BrN4O3.C2HF3O2/c1-10(2)8-21-15-14(16(24)22(9-23)17(21)25)19-13(20-15)7-11-3-5-12(18)6-4-11;3-2(4,5)1(6)7/h3-6,10,23H,7-9H2,1-2H3,(H,19,20);(H,6,7). The summed E-state index contributed by atoms with van der Waals surface area (Å²) in [5, 5.41) is 16.5. The zero-order chi connectivity index (χ0) is 24.2. The fourth-order valence-electron chi connectivity index (χ4n) is 2.75. The lowest BCUT2D eigenvalue weighted by Crippen LogP contribution is -2.40. The molecule has 3 rings (SSSR count). The fourth-order valence-corrected chi connectivity index (χ4v) is 3.01. The first-order chi connectivity index (χ1) is 14.8. The number of aliphatic carboxylic acids is 1. The van der Waals surface area contributed by atoms with Crippen molar-refractivity contribution in [3.8, 4) is 0 Å². The summed E-state index contributed by atoms with van der Waals surface area (Å²) in [6.07, 6.45) is -4.57. The lowest BCUT2D eigenvalue weighted by molar-refractivity contribution is -0.192. The number of carboxylic acids is 1. The third-order valence-corrected chi connectivity index (χ3v) is 4.66. The van der Waals surface area contributed by atoms with Crippen molar-refractivity contribution < 1.29 is 28.2 Å². The number of carboxylic acid groups (broad SMARTS) is 1. The van der Waals surface area contributed by atoms with Gasteiger partial charge in [-0.15, -0.1) is 0 Å². The van der Waals surface area contributed by atoms with Gasteiger partial charge in [-0.2, -0.15) is 13.2 Å². The first kappa shape index (κ1) is 25.3. The van der Waals surface area contributed by atoms with Crippen LogP contribution < -0.4 is 11.2 Å². The Morgan fingerprint density at radius 2 is 1.75 bits per heavy atom. The predicted octanol–water partition coefficient (Wildman–Crippen LogP) is 2.48. The van der Waals surface area contributed by atoms with Gasteiger partial charge in [0.25, 0.3) is 5.56 Å². The number of aliphatic hydroxyl groups excluding tert-OH is 1. The van der Waals surface area contributed by atoms with Crippen LogP contribution in [0.25, 0.3) is 11.2 Å². The Kier molecular flexibility index (Phi) is 8.02. The van der Waals surface area contributed by atoms with Crippen molar-refractivity contribution >= 4 is 33.1 Å². The van der Waals surface area contributed by atoms with Crippen molar-refractivity contribution in [3.05, 3.63) is 61.0 Å². The summed E-state index contributed by atoms with van der Waals surface area (Å²) in [6, 6.07) is 7.80. The topological polar surface area (TPSA) is 130 Å². The molecule has 0 atom stereocenters. The van der Waals surface area contributed by atoms with Gasteiger partial charge in [0.05, 0.1) is 0 Å². The highest BCUT2D eigenvalue weighted by Gasteiger charge is 2.38. The van der Waals surface area contributed by atoms with Gasteiger partial charge in [-0.05, 0) is 23.6 Å². The van der Waals surface area contributed by atoms with Crippen LogP contribution in [0.1, 0.15) is 25.2 Å². The molecule has 0 saturated heterocycles. The van der Waals surface area contributed by atoms with Crippen LogP contribution in [0.2, 0.25) is 0 Å². The second kappa shape index (κ2) is 10.1. The third-order valence-electron chi connectivity index (χ3n) is 4.13. The molecule has 32 heavy (non-hydrogen) atoms. The molecule has 2 aromatic heterocycles. The Morgan fingerprint density at radius 1 is 1.19 bits per heavy atom. The SMILES string of the molecule is CC(C)Cn1c(=O)n(CO)c(=O)c2[nH]c(Cc3ccc(Br)cc3)nc21.O=C(O)C(F)(F)F.